The highest BCUT2D eigenvalue weighted by Gasteiger charge is 2.19. The largest absolute Gasteiger partial charge is 0.376 e. The van der Waals surface area contributed by atoms with Crippen LogP contribution in [0.25, 0.3) is 5.82 Å². The van der Waals surface area contributed by atoms with E-state index in [0.717, 1.165) is 25.9 Å². The van der Waals surface area contributed by atoms with Crippen molar-refractivity contribution in [1.29, 1.82) is 0 Å². The number of nitrogens with zero attached hydrogens (tertiary/aromatic N) is 5. The summed E-state index contributed by atoms with van der Waals surface area (Å²) in [6.07, 6.45) is 6.15. The first-order chi connectivity index (χ1) is 9.84. The van der Waals surface area contributed by atoms with Gasteiger partial charge in [0.2, 0.25) is 0 Å². The second kappa shape index (κ2) is 5.78. The van der Waals surface area contributed by atoms with Gasteiger partial charge < -0.3 is 10.1 Å². The van der Waals surface area contributed by atoms with Crippen molar-refractivity contribution < 1.29 is 9.53 Å². The fourth-order valence-electron chi connectivity index (χ4n) is 2.15. The van der Waals surface area contributed by atoms with E-state index in [0.29, 0.717) is 17.9 Å². The maximum absolute atomic E-state index is 12.2. The smallest absolute Gasteiger partial charge is 0.256 e. The number of rotatable bonds is 4. The van der Waals surface area contributed by atoms with E-state index in [1.54, 1.807) is 0 Å². The zero-order valence-electron chi connectivity index (χ0n) is 10.8. The lowest BCUT2D eigenvalue weighted by atomic mass is 10.1. The van der Waals surface area contributed by atoms with Crippen molar-refractivity contribution in [2.24, 2.45) is 0 Å². The summed E-state index contributed by atoms with van der Waals surface area (Å²) < 4.78 is 6.93. The average molecular weight is 277 g/mol. The topological polar surface area (TPSA) is 111 Å². The molecule has 9 nitrogen and oxygen atoms in total. The molecule has 1 fully saturated rings. The summed E-state index contributed by atoms with van der Waals surface area (Å²) in [6.45, 7) is 1.27. The third-order valence-corrected chi connectivity index (χ3v) is 3.21. The van der Waals surface area contributed by atoms with E-state index < -0.39 is 0 Å². The zero-order valence-corrected chi connectivity index (χ0v) is 10.8. The molecule has 20 heavy (non-hydrogen) atoms. The Bertz CT molecular complexity index is 559. The number of H-pyrrole nitrogens is 1. The molecular formula is C11H15N7O2. The first-order valence-corrected chi connectivity index (χ1v) is 6.51. The van der Waals surface area contributed by atoms with Gasteiger partial charge in [0.1, 0.15) is 11.9 Å². The van der Waals surface area contributed by atoms with Crippen LogP contribution in [0.2, 0.25) is 0 Å². The van der Waals surface area contributed by atoms with Gasteiger partial charge in [-0.2, -0.15) is 9.78 Å². The van der Waals surface area contributed by atoms with Gasteiger partial charge in [-0.1, -0.05) is 0 Å². The number of tetrazole rings is 1. The van der Waals surface area contributed by atoms with Crippen molar-refractivity contribution in [2.45, 2.75) is 25.4 Å². The van der Waals surface area contributed by atoms with Crippen LogP contribution >= 0.6 is 0 Å². The van der Waals surface area contributed by atoms with E-state index in [4.69, 9.17) is 4.74 Å². The van der Waals surface area contributed by atoms with Crippen LogP contribution < -0.4 is 5.32 Å². The summed E-state index contributed by atoms with van der Waals surface area (Å²) in [5.74, 6) is 0.218. The summed E-state index contributed by atoms with van der Waals surface area (Å²) in [5.41, 5.74) is 0.396. The van der Waals surface area contributed by atoms with Crippen molar-refractivity contribution in [3.8, 4) is 5.82 Å². The molecule has 1 saturated heterocycles. The number of amides is 1. The number of ether oxygens (including phenoxy) is 1. The minimum Gasteiger partial charge on any atom is -0.376 e. The van der Waals surface area contributed by atoms with Crippen LogP contribution in [0, 0.1) is 0 Å². The summed E-state index contributed by atoms with van der Waals surface area (Å²) in [7, 11) is 0. The van der Waals surface area contributed by atoms with Gasteiger partial charge in [-0.25, -0.2) is 0 Å². The molecule has 9 heteroatoms. The van der Waals surface area contributed by atoms with Crippen LogP contribution in [0.3, 0.4) is 0 Å². The Morgan fingerprint density at radius 1 is 1.55 bits per heavy atom. The average Bonchev–Trinajstić information content (AvgIpc) is 3.15. The molecular weight excluding hydrogens is 262 g/mol. The van der Waals surface area contributed by atoms with Gasteiger partial charge in [-0.3, -0.25) is 9.89 Å². The molecule has 1 atom stereocenters. The maximum Gasteiger partial charge on any atom is 0.256 e. The van der Waals surface area contributed by atoms with E-state index in [1.165, 1.54) is 17.2 Å². The Balaban J connectivity index is 1.64. The van der Waals surface area contributed by atoms with Crippen LogP contribution in [0.4, 0.5) is 0 Å². The molecule has 106 valence electrons. The standard InChI is InChI=1S/C11H15N7O2/c19-11(12-5-8-3-1-2-4-20-8)9-6-13-15-10(9)18-7-14-16-17-18/h6-8H,1-5H2,(H,12,19)(H,13,15). The third-order valence-electron chi connectivity index (χ3n) is 3.21. The highest BCUT2D eigenvalue weighted by Crippen LogP contribution is 2.12. The number of hydrogen-bond donors (Lipinski definition) is 2. The second-order valence-electron chi connectivity index (χ2n) is 4.59. The summed E-state index contributed by atoms with van der Waals surface area (Å²) in [5, 5.41) is 20.2. The van der Waals surface area contributed by atoms with Crippen molar-refractivity contribution in [3.05, 3.63) is 18.1 Å². The number of carbonyl (C=O) groups excluding carboxylic acids is 1. The number of nitrogens with one attached hydrogen (secondary N) is 2. The first kappa shape index (κ1) is 12.7. The zero-order chi connectivity index (χ0) is 13.8. The van der Waals surface area contributed by atoms with Crippen molar-refractivity contribution in [1.82, 2.24) is 35.7 Å². The molecule has 2 aromatic heterocycles. The molecule has 0 aromatic carbocycles. The van der Waals surface area contributed by atoms with Crippen LogP contribution in [0.1, 0.15) is 29.6 Å². The van der Waals surface area contributed by atoms with E-state index in [9.17, 15) is 4.79 Å². The number of carbonyl (C=O) groups is 1. The third kappa shape index (κ3) is 2.67. The number of aromatic amines is 1. The Hall–Kier alpha value is -2.29. The van der Waals surface area contributed by atoms with E-state index in [2.05, 4.69) is 31.0 Å². The second-order valence-corrected chi connectivity index (χ2v) is 4.59. The lowest BCUT2D eigenvalue weighted by molar-refractivity contribution is 0.0169. The monoisotopic (exact) mass is 277 g/mol. The summed E-state index contributed by atoms with van der Waals surface area (Å²) in [4.78, 5) is 12.2. The highest BCUT2D eigenvalue weighted by molar-refractivity contribution is 5.96. The van der Waals surface area contributed by atoms with Gasteiger partial charge in [-0.05, 0) is 29.7 Å². The summed E-state index contributed by atoms with van der Waals surface area (Å²) in [6, 6.07) is 0. The molecule has 1 aliphatic heterocycles. The summed E-state index contributed by atoms with van der Waals surface area (Å²) >= 11 is 0. The molecule has 0 saturated carbocycles. The van der Waals surface area contributed by atoms with Gasteiger partial charge in [0.15, 0.2) is 5.82 Å². The molecule has 1 unspecified atom stereocenters. The first-order valence-electron chi connectivity index (χ1n) is 6.51. The van der Waals surface area contributed by atoms with Crippen molar-refractivity contribution >= 4 is 5.91 Å². The van der Waals surface area contributed by atoms with Gasteiger partial charge in [0, 0.05) is 13.2 Å². The van der Waals surface area contributed by atoms with Crippen LogP contribution in [-0.4, -0.2) is 55.6 Å². The molecule has 0 aliphatic carbocycles. The van der Waals surface area contributed by atoms with Gasteiger partial charge in [-0.15, -0.1) is 5.10 Å². The van der Waals surface area contributed by atoms with Gasteiger partial charge >= 0.3 is 0 Å². The van der Waals surface area contributed by atoms with Gasteiger partial charge in [0.05, 0.1) is 12.3 Å². The van der Waals surface area contributed by atoms with Crippen LogP contribution in [-0.2, 0) is 4.74 Å². The number of hydrogen-bond acceptors (Lipinski definition) is 6. The quantitative estimate of drug-likeness (QED) is 0.792. The lowest BCUT2D eigenvalue weighted by Gasteiger charge is -2.22. The van der Waals surface area contributed by atoms with Crippen molar-refractivity contribution in [2.75, 3.05) is 13.2 Å². The Labute approximate surface area is 114 Å². The minimum atomic E-state index is -0.224. The molecule has 0 bridgehead atoms. The molecule has 3 heterocycles. The molecule has 2 aromatic rings. The molecule has 3 rings (SSSR count). The Kier molecular flexibility index (Phi) is 3.68. The van der Waals surface area contributed by atoms with E-state index in [-0.39, 0.29) is 12.0 Å². The van der Waals surface area contributed by atoms with Crippen LogP contribution in [0.5, 0.6) is 0 Å². The minimum absolute atomic E-state index is 0.0936. The fourth-order valence-corrected chi connectivity index (χ4v) is 2.15. The fraction of sp³-hybridized carbons (Fsp3) is 0.545. The Morgan fingerprint density at radius 2 is 2.50 bits per heavy atom. The predicted molar refractivity (Wildman–Crippen MR) is 67.2 cm³/mol. The molecule has 1 amide bonds. The number of aromatic nitrogens is 6. The normalized spacial score (nSPS) is 18.9. The lowest BCUT2D eigenvalue weighted by Crippen LogP contribution is -2.35. The van der Waals surface area contributed by atoms with Crippen molar-refractivity contribution in [3.63, 3.8) is 0 Å². The molecule has 0 radical (unpaired) electrons. The molecule has 1 aliphatic rings. The van der Waals surface area contributed by atoms with Gasteiger partial charge in [0.25, 0.3) is 5.91 Å². The SMILES string of the molecule is O=C(NCC1CCCCO1)c1cn[nH]c1-n1cnnn1. The molecule has 0 spiro atoms. The predicted octanol–water partition coefficient (Wildman–Crippen LogP) is -0.316. The van der Waals surface area contributed by atoms with E-state index in [1.807, 2.05) is 0 Å². The maximum atomic E-state index is 12.2. The van der Waals surface area contributed by atoms with E-state index >= 15 is 0 Å². The highest BCUT2D eigenvalue weighted by atomic mass is 16.5. The van der Waals surface area contributed by atoms with Crippen LogP contribution in [0.15, 0.2) is 12.5 Å². The Morgan fingerprint density at radius 3 is 3.25 bits per heavy atom. The molecule has 2 N–H and O–H groups in total.